The quantitative estimate of drug-likeness (QED) is 0.255. The molecule has 9 heteroatoms. The van der Waals surface area contributed by atoms with Gasteiger partial charge in [-0.05, 0) is 72.7 Å². The molecule has 3 aromatic rings. The van der Waals surface area contributed by atoms with Gasteiger partial charge in [0.2, 0.25) is 18.4 Å². The number of aryl methyl sites for hydroxylation is 3. The number of hydrogen-bond acceptors (Lipinski definition) is 7. The lowest BCUT2D eigenvalue weighted by Crippen LogP contribution is -2.35. The van der Waals surface area contributed by atoms with E-state index in [-0.39, 0.29) is 19.2 Å². The highest BCUT2D eigenvalue weighted by molar-refractivity contribution is 5.94. The summed E-state index contributed by atoms with van der Waals surface area (Å²) >= 11 is 0. The molecule has 3 atom stereocenters. The minimum atomic E-state index is -0.939. The summed E-state index contributed by atoms with van der Waals surface area (Å²) in [4.78, 5) is 28.8. The van der Waals surface area contributed by atoms with E-state index in [1.165, 1.54) is 0 Å². The summed E-state index contributed by atoms with van der Waals surface area (Å²) in [6.07, 6.45) is 2.46. The van der Waals surface area contributed by atoms with Gasteiger partial charge in [0.25, 0.3) is 0 Å². The number of aliphatic carboxylic acids is 1. The third kappa shape index (κ3) is 6.33. The van der Waals surface area contributed by atoms with E-state index < -0.39 is 23.8 Å². The number of rotatable bonds is 12. The Morgan fingerprint density at radius 3 is 2.32 bits per heavy atom. The Morgan fingerprint density at radius 2 is 1.70 bits per heavy atom. The summed E-state index contributed by atoms with van der Waals surface area (Å²) in [5.74, 6) is -0.165. The molecule has 0 saturated carbocycles. The van der Waals surface area contributed by atoms with Gasteiger partial charge in [-0.25, -0.2) is 0 Å². The van der Waals surface area contributed by atoms with Gasteiger partial charge in [0.05, 0.1) is 26.2 Å². The van der Waals surface area contributed by atoms with E-state index in [0.717, 1.165) is 58.5 Å². The predicted molar refractivity (Wildman–Crippen MR) is 168 cm³/mol. The van der Waals surface area contributed by atoms with E-state index in [2.05, 4.69) is 38.2 Å². The molecular weight excluding hydrogens is 560 g/mol. The van der Waals surface area contributed by atoms with Crippen LogP contribution in [-0.4, -0.2) is 55.5 Å². The Balaban J connectivity index is 1.51. The van der Waals surface area contributed by atoms with Gasteiger partial charge in [-0.15, -0.1) is 0 Å². The van der Waals surface area contributed by atoms with Crippen LogP contribution in [0.4, 0.5) is 5.69 Å². The number of anilines is 1. The van der Waals surface area contributed by atoms with Gasteiger partial charge in [0, 0.05) is 24.2 Å². The molecule has 0 bridgehead atoms. The smallest absolute Gasteiger partial charge is 0.309 e. The number of ether oxygens (including phenoxy) is 4. The molecule has 2 heterocycles. The Morgan fingerprint density at radius 1 is 1.00 bits per heavy atom. The first-order chi connectivity index (χ1) is 21.3. The molecule has 9 nitrogen and oxygen atoms in total. The minimum Gasteiger partial charge on any atom is -0.494 e. The predicted octanol–water partition coefficient (Wildman–Crippen LogP) is 6.13. The maximum Gasteiger partial charge on any atom is 0.309 e. The fraction of sp³-hybridized carbons (Fsp3) is 0.429. The van der Waals surface area contributed by atoms with E-state index >= 15 is 0 Å². The minimum absolute atomic E-state index is 0.0287. The van der Waals surface area contributed by atoms with E-state index in [9.17, 15) is 14.7 Å². The standard InChI is InChI=1S/C35H42N2O7/c1-6-13-42-26-11-9-24(10-12-26)33-31(35(39)40)27(25-16-28(41-5)34-29(17-25)43-20-44-34)18-37(33)19-30(38)36-32-22(7-2)14-21(4)15-23(32)8-3/h9-12,14-17,27,31,33H,6-8,13,18-20H2,1-5H3,(H,36,38)(H,39,40)/t27-,31?,33+/m1/s1. The fourth-order valence-corrected chi connectivity index (χ4v) is 6.50. The van der Waals surface area contributed by atoms with Gasteiger partial charge >= 0.3 is 5.97 Å². The number of hydrogen-bond donors (Lipinski definition) is 2. The Kier molecular flexibility index (Phi) is 9.64. The van der Waals surface area contributed by atoms with Crippen LogP contribution in [0, 0.1) is 12.8 Å². The van der Waals surface area contributed by atoms with Crippen molar-refractivity contribution in [2.45, 2.75) is 58.9 Å². The van der Waals surface area contributed by atoms with Crippen molar-refractivity contribution in [2.24, 2.45) is 5.92 Å². The first-order valence-electron chi connectivity index (χ1n) is 15.4. The lowest BCUT2D eigenvalue weighted by atomic mass is 9.82. The molecule has 2 N–H and O–H groups in total. The molecule has 2 aliphatic heterocycles. The fourth-order valence-electron chi connectivity index (χ4n) is 6.50. The topological polar surface area (TPSA) is 107 Å². The number of nitrogens with one attached hydrogen (secondary N) is 1. The van der Waals surface area contributed by atoms with Crippen molar-refractivity contribution in [3.63, 3.8) is 0 Å². The first kappa shape index (κ1) is 31.2. The largest absolute Gasteiger partial charge is 0.494 e. The lowest BCUT2D eigenvalue weighted by Gasteiger charge is -2.27. The summed E-state index contributed by atoms with van der Waals surface area (Å²) in [6.45, 7) is 9.31. The van der Waals surface area contributed by atoms with Gasteiger partial charge in [-0.1, -0.05) is 50.6 Å². The molecule has 1 fully saturated rings. The van der Waals surface area contributed by atoms with Crippen molar-refractivity contribution in [1.29, 1.82) is 0 Å². The molecule has 0 aromatic heterocycles. The molecule has 1 saturated heterocycles. The number of benzene rings is 3. The molecule has 0 aliphatic carbocycles. The monoisotopic (exact) mass is 602 g/mol. The van der Waals surface area contributed by atoms with Crippen LogP contribution in [0.3, 0.4) is 0 Å². The molecular formula is C35H42N2O7. The molecule has 1 amide bonds. The lowest BCUT2D eigenvalue weighted by molar-refractivity contribution is -0.143. The third-order valence-electron chi connectivity index (χ3n) is 8.51. The van der Waals surface area contributed by atoms with E-state index in [0.29, 0.717) is 30.4 Å². The zero-order valence-corrected chi connectivity index (χ0v) is 26.1. The van der Waals surface area contributed by atoms with Crippen molar-refractivity contribution < 1.29 is 33.6 Å². The number of carbonyl (C=O) groups is 2. The second kappa shape index (κ2) is 13.6. The highest BCUT2D eigenvalue weighted by atomic mass is 16.7. The van der Waals surface area contributed by atoms with Crippen molar-refractivity contribution in [2.75, 3.05) is 38.9 Å². The highest BCUT2D eigenvalue weighted by Crippen LogP contribution is 2.50. The van der Waals surface area contributed by atoms with Crippen LogP contribution >= 0.6 is 0 Å². The Labute approximate surface area is 259 Å². The van der Waals surface area contributed by atoms with Crippen molar-refractivity contribution in [3.8, 4) is 23.0 Å². The number of carboxylic acids is 1. The van der Waals surface area contributed by atoms with Crippen LogP contribution in [0.5, 0.6) is 23.0 Å². The van der Waals surface area contributed by atoms with E-state index in [1.807, 2.05) is 48.2 Å². The molecule has 3 aromatic carbocycles. The van der Waals surface area contributed by atoms with Crippen molar-refractivity contribution >= 4 is 17.6 Å². The zero-order chi connectivity index (χ0) is 31.4. The number of carbonyl (C=O) groups excluding carboxylic acids is 1. The molecule has 0 spiro atoms. The SMILES string of the molecule is CCCOc1ccc([C@H]2C(C(=O)O)[C@@H](c3cc(OC)c4c(c3)OCO4)CN2CC(=O)Nc2c(CC)cc(C)cc2CC)cc1. The van der Waals surface area contributed by atoms with Crippen molar-refractivity contribution in [3.05, 3.63) is 76.3 Å². The van der Waals surface area contributed by atoms with Gasteiger partial charge in [0.1, 0.15) is 5.75 Å². The third-order valence-corrected chi connectivity index (χ3v) is 8.51. The summed E-state index contributed by atoms with van der Waals surface area (Å²) in [5.41, 5.74) is 5.76. The zero-order valence-electron chi connectivity index (χ0n) is 26.1. The van der Waals surface area contributed by atoms with E-state index in [1.54, 1.807) is 7.11 Å². The maximum atomic E-state index is 13.7. The Bertz CT molecular complexity index is 1480. The van der Waals surface area contributed by atoms with E-state index in [4.69, 9.17) is 18.9 Å². The summed E-state index contributed by atoms with van der Waals surface area (Å²) in [5, 5.41) is 13.9. The maximum absolute atomic E-state index is 13.7. The molecule has 2 aliphatic rings. The van der Waals surface area contributed by atoms with Crippen molar-refractivity contribution in [1.82, 2.24) is 4.90 Å². The molecule has 44 heavy (non-hydrogen) atoms. The van der Waals surface area contributed by atoms with Crippen LogP contribution in [0.2, 0.25) is 0 Å². The number of nitrogens with zero attached hydrogens (tertiary/aromatic N) is 1. The number of carboxylic acid groups (broad SMARTS) is 1. The summed E-state index contributed by atoms with van der Waals surface area (Å²) in [6, 6.07) is 14.9. The van der Waals surface area contributed by atoms with Crippen LogP contribution in [0.1, 0.15) is 67.0 Å². The number of methoxy groups -OCH3 is 1. The normalized spacial score (nSPS) is 19.2. The number of likely N-dealkylation sites (tertiary alicyclic amines) is 1. The average molecular weight is 603 g/mol. The second-order valence-corrected chi connectivity index (χ2v) is 11.4. The molecule has 1 unspecified atom stereocenters. The second-order valence-electron chi connectivity index (χ2n) is 11.4. The molecule has 0 radical (unpaired) electrons. The average Bonchev–Trinajstić information content (AvgIpc) is 3.65. The van der Waals surface area contributed by atoms with Gasteiger partial charge in [0.15, 0.2) is 11.5 Å². The van der Waals surface area contributed by atoms with Gasteiger partial charge in [-0.2, -0.15) is 0 Å². The molecule has 234 valence electrons. The van der Waals surface area contributed by atoms with Crippen LogP contribution in [-0.2, 0) is 22.4 Å². The van der Waals surface area contributed by atoms with Crippen LogP contribution in [0.15, 0.2) is 48.5 Å². The van der Waals surface area contributed by atoms with Crippen LogP contribution in [0.25, 0.3) is 0 Å². The first-order valence-corrected chi connectivity index (χ1v) is 15.4. The van der Waals surface area contributed by atoms with Gasteiger partial charge in [-0.3, -0.25) is 14.5 Å². The number of amides is 1. The summed E-state index contributed by atoms with van der Waals surface area (Å²) in [7, 11) is 1.55. The number of fused-ring (bicyclic) bond motifs is 1. The van der Waals surface area contributed by atoms with Gasteiger partial charge < -0.3 is 29.4 Å². The highest BCUT2D eigenvalue weighted by Gasteiger charge is 2.48. The van der Waals surface area contributed by atoms with Crippen LogP contribution < -0.4 is 24.3 Å². The summed E-state index contributed by atoms with van der Waals surface area (Å²) < 4.78 is 22.6. The Hall–Kier alpha value is -4.24. The molecule has 5 rings (SSSR count).